The Bertz CT molecular complexity index is 566. The Morgan fingerprint density at radius 2 is 2.20 bits per heavy atom. The van der Waals surface area contributed by atoms with Gasteiger partial charge in [-0.1, -0.05) is 20.8 Å². The summed E-state index contributed by atoms with van der Waals surface area (Å²) in [5.41, 5.74) is 1.39. The van der Waals surface area contributed by atoms with Gasteiger partial charge in [-0.15, -0.1) is 11.3 Å². The molecule has 0 amide bonds. The van der Waals surface area contributed by atoms with Crippen LogP contribution >= 0.6 is 11.3 Å². The average Bonchev–Trinajstić information content (AvgIpc) is 2.84. The molecule has 108 valence electrons. The Balaban J connectivity index is 2.31. The van der Waals surface area contributed by atoms with Gasteiger partial charge in [-0.3, -0.25) is 4.98 Å². The van der Waals surface area contributed by atoms with Crippen LogP contribution in [0, 0.1) is 5.82 Å². The molecule has 5 heteroatoms. The van der Waals surface area contributed by atoms with Crippen molar-refractivity contribution in [3.63, 3.8) is 0 Å². The zero-order valence-corrected chi connectivity index (χ0v) is 12.9. The van der Waals surface area contributed by atoms with E-state index in [1.54, 1.807) is 12.3 Å². The second kappa shape index (κ2) is 6.90. The average molecular weight is 293 g/mol. The lowest BCUT2D eigenvalue weighted by molar-refractivity contribution is 0.625. The molecule has 0 aliphatic carbocycles. The number of pyridine rings is 1. The van der Waals surface area contributed by atoms with Gasteiger partial charge in [-0.05, 0) is 31.0 Å². The maximum Gasteiger partial charge on any atom is 0.151 e. The quantitative estimate of drug-likeness (QED) is 0.819. The van der Waals surface area contributed by atoms with Crippen LogP contribution in [-0.4, -0.2) is 16.5 Å². The van der Waals surface area contributed by atoms with Crippen LogP contribution in [0.3, 0.4) is 0 Å². The van der Waals surface area contributed by atoms with Crippen LogP contribution in [0.4, 0.5) is 4.39 Å². The summed E-state index contributed by atoms with van der Waals surface area (Å²) in [5, 5.41) is 4.05. The molecule has 0 aliphatic rings. The Hall–Kier alpha value is -1.33. The lowest BCUT2D eigenvalue weighted by Gasteiger charge is -2.05. The summed E-state index contributed by atoms with van der Waals surface area (Å²) in [5.74, 6) is 0.00910. The van der Waals surface area contributed by atoms with Gasteiger partial charge in [0.2, 0.25) is 0 Å². The van der Waals surface area contributed by atoms with E-state index in [4.69, 9.17) is 0 Å². The number of halogens is 1. The summed E-state index contributed by atoms with van der Waals surface area (Å²) in [6.45, 7) is 8.11. The summed E-state index contributed by atoms with van der Waals surface area (Å²) in [6, 6.07) is 3.02. The summed E-state index contributed by atoms with van der Waals surface area (Å²) in [4.78, 5) is 9.88. The molecule has 0 unspecified atom stereocenters. The predicted octanol–water partition coefficient (Wildman–Crippen LogP) is 3.97. The maximum absolute atomic E-state index is 13.8. The van der Waals surface area contributed by atoms with Crippen molar-refractivity contribution in [1.82, 2.24) is 15.3 Å². The molecule has 0 spiro atoms. The van der Waals surface area contributed by atoms with Gasteiger partial charge in [0.05, 0.1) is 5.69 Å². The van der Waals surface area contributed by atoms with Crippen molar-refractivity contribution in [2.45, 2.75) is 39.7 Å². The van der Waals surface area contributed by atoms with E-state index >= 15 is 0 Å². The van der Waals surface area contributed by atoms with Crippen molar-refractivity contribution < 1.29 is 4.39 Å². The van der Waals surface area contributed by atoms with Gasteiger partial charge in [0.15, 0.2) is 5.82 Å². The molecule has 1 N–H and O–H groups in total. The monoisotopic (exact) mass is 293 g/mol. The Morgan fingerprint density at radius 3 is 2.85 bits per heavy atom. The molecule has 0 radical (unpaired) electrons. The van der Waals surface area contributed by atoms with Crippen LogP contribution in [0.1, 0.15) is 43.7 Å². The lowest BCUT2D eigenvalue weighted by atomic mass is 10.1. The number of rotatable bonds is 6. The number of hydrogen-bond donors (Lipinski definition) is 1. The van der Waals surface area contributed by atoms with E-state index in [1.165, 1.54) is 22.3 Å². The molecular weight excluding hydrogens is 273 g/mol. The van der Waals surface area contributed by atoms with E-state index in [2.05, 4.69) is 36.1 Å². The highest BCUT2D eigenvalue weighted by Crippen LogP contribution is 2.31. The Labute approximate surface area is 123 Å². The molecule has 0 saturated carbocycles. The van der Waals surface area contributed by atoms with Gasteiger partial charge in [-0.2, -0.15) is 0 Å². The molecule has 0 aliphatic heterocycles. The van der Waals surface area contributed by atoms with Crippen LogP contribution in [0.15, 0.2) is 18.3 Å². The zero-order valence-electron chi connectivity index (χ0n) is 12.1. The first kappa shape index (κ1) is 15.1. The van der Waals surface area contributed by atoms with Gasteiger partial charge >= 0.3 is 0 Å². The first-order valence-corrected chi connectivity index (χ1v) is 7.76. The van der Waals surface area contributed by atoms with Gasteiger partial charge in [0.1, 0.15) is 10.7 Å². The second-order valence-electron chi connectivity index (χ2n) is 4.99. The molecule has 0 bridgehead atoms. The molecular formula is C15H20FN3S. The van der Waals surface area contributed by atoms with Crippen LogP contribution < -0.4 is 5.32 Å². The van der Waals surface area contributed by atoms with Crippen molar-refractivity contribution in [2.24, 2.45) is 0 Å². The third-order valence-corrected chi connectivity index (χ3v) is 4.03. The van der Waals surface area contributed by atoms with Crippen molar-refractivity contribution in [3.05, 3.63) is 34.7 Å². The van der Waals surface area contributed by atoms with Crippen LogP contribution in [0.5, 0.6) is 0 Å². The van der Waals surface area contributed by atoms with E-state index in [9.17, 15) is 4.39 Å². The number of aromatic nitrogens is 2. The molecule has 2 heterocycles. The van der Waals surface area contributed by atoms with Crippen LogP contribution in [-0.2, 0) is 6.54 Å². The fraction of sp³-hybridized carbons (Fsp3) is 0.467. The fourth-order valence-corrected chi connectivity index (χ4v) is 3.15. The van der Waals surface area contributed by atoms with E-state index in [1.807, 2.05) is 0 Å². The Kier molecular flexibility index (Phi) is 5.20. The van der Waals surface area contributed by atoms with E-state index in [0.717, 1.165) is 25.2 Å². The fourth-order valence-electron chi connectivity index (χ4n) is 1.96. The normalized spacial score (nSPS) is 11.2. The summed E-state index contributed by atoms with van der Waals surface area (Å²) < 4.78 is 13.8. The SMILES string of the molecule is CCCNCc1sc(-c2ncccc2F)nc1C(C)C. The molecule has 2 rings (SSSR count). The molecule has 20 heavy (non-hydrogen) atoms. The highest BCUT2D eigenvalue weighted by molar-refractivity contribution is 7.15. The highest BCUT2D eigenvalue weighted by atomic mass is 32.1. The minimum absolute atomic E-state index is 0.315. The third-order valence-electron chi connectivity index (χ3n) is 2.95. The van der Waals surface area contributed by atoms with Gasteiger partial charge < -0.3 is 5.32 Å². The number of nitrogens with zero attached hydrogens (tertiary/aromatic N) is 2. The highest BCUT2D eigenvalue weighted by Gasteiger charge is 2.17. The molecule has 2 aromatic rings. The minimum atomic E-state index is -0.315. The Morgan fingerprint density at radius 1 is 1.40 bits per heavy atom. The van der Waals surface area contributed by atoms with E-state index in [-0.39, 0.29) is 5.82 Å². The smallest absolute Gasteiger partial charge is 0.151 e. The third kappa shape index (κ3) is 3.41. The van der Waals surface area contributed by atoms with Crippen molar-refractivity contribution in [2.75, 3.05) is 6.54 Å². The minimum Gasteiger partial charge on any atom is -0.312 e. The molecule has 0 fully saturated rings. The number of thiazole rings is 1. The van der Waals surface area contributed by atoms with Gasteiger partial charge in [0, 0.05) is 17.6 Å². The van der Waals surface area contributed by atoms with E-state index < -0.39 is 0 Å². The van der Waals surface area contributed by atoms with Crippen molar-refractivity contribution in [1.29, 1.82) is 0 Å². The van der Waals surface area contributed by atoms with E-state index in [0.29, 0.717) is 16.6 Å². The topological polar surface area (TPSA) is 37.8 Å². The molecule has 2 aromatic heterocycles. The van der Waals surface area contributed by atoms with Crippen molar-refractivity contribution >= 4 is 11.3 Å². The summed E-state index contributed by atoms with van der Waals surface area (Å²) in [6.07, 6.45) is 2.70. The van der Waals surface area contributed by atoms with Gasteiger partial charge in [-0.25, -0.2) is 9.37 Å². The second-order valence-corrected chi connectivity index (χ2v) is 6.08. The summed E-state index contributed by atoms with van der Waals surface area (Å²) >= 11 is 1.53. The predicted molar refractivity (Wildman–Crippen MR) is 81.4 cm³/mol. The standard InChI is InChI=1S/C15H20FN3S/c1-4-7-17-9-12-13(10(2)3)19-15(20-12)14-11(16)6-5-8-18-14/h5-6,8,10,17H,4,7,9H2,1-3H3. The largest absolute Gasteiger partial charge is 0.312 e. The van der Waals surface area contributed by atoms with Gasteiger partial charge in [0.25, 0.3) is 0 Å². The number of hydrogen-bond acceptors (Lipinski definition) is 4. The maximum atomic E-state index is 13.8. The zero-order chi connectivity index (χ0) is 14.5. The van der Waals surface area contributed by atoms with Crippen LogP contribution in [0.2, 0.25) is 0 Å². The first-order valence-electron chi connectivity index (χ1n) is 6.94. The first-order chi connectivity index (χ1) is 9.63. The molecule has 0 saturated heterocycles. The molecule has 0 aromatic carbocycles. The van der Waals surface area contributed by atoms with Crippen LogP contribution in [0.25, 0.3) is 10.7 Å². The number of nitrogens with one attached hydrogen (secondary N) is 1. The van der Waals surface area contributed by atoms with Crippen molar-refractivity contribution in [3.8, 4) is 10.7 Å². The molecule has 3 nitrogen and oxygen atoms in total. The molecule has 0 atom stereocenters. The summed E-state index contributed by atoms with van der Waals surface area (Å²) in [7, 11) is 0. The lowest BCUT2D eigenvalue weighted by Crippen LogP contribution is -2.14.